The minimum atomic E-state index is 0.435. The van der Waals surface area contributed by atoms with Crippen molar-refractivity contribution in [2.24, 2.45) is 7.05 Å². The average Bonchev–Trinajstić information content (AvgIpc) is 2.68. The normalized spacial score (nSPS) is 10.3. The molecule has 0 aliphatic carbocycles. The van der Waals surface area contributed by atoms with E-state index in [2.05, 4.69) is 4.98 Å². The molecule has 0 saturated carbocycles. The molecule has 0 bridgehead atoms. The number of aryl methyl sites for hydroxylation is 1. The van der Waals surface area contributed by atoms with Gasteiger partial charge in [0.1, 0.15) is 12.4 Å². The Morgan fingerprint density at radius 1 is 1.24 bits per heavy atom. The summed E-state index contributed by atoms with van der Waals surface area (Å²) in [7, 11) is 3.61. The van der Waals surface area contributed by atoms with Crippen molar-refractivity contribution in [1.82, 2.24) is 9.55 Å². The molecule has 4 heteroatoms. The molecule has 0 saturated heterocycles. The van der Waals surface area contributed by atoms with Crippen LogP contribution in [0.25, 0.3) is 0 Å². The van der Waals surface area contributed by atoms with Crippen LogP contribution in [0.15, 0.2) is 30.5 Å². The molecule has 0 fully saturated rings. The summed E-state index contributed by atoms with van der Waals surface area (Å²) in [5.74, 6) is 2.36. The maximum absolute atomic E-state index is 5.70. The van der Waals surface area contributed by atoms with Gasteiger partial charge in [-0.2, -0.15) is 0 Å². The number of hydrogen-bond donors (Lipinski definition) is 0. The van der Waals surface area contributed by atoms with Gasteiger partial charge in [-0.15, -0.1) is 0 Å². The van der Waals surface area contributed by atoms with Crippen LogP contribution in [0.3, 0.4) is 0 Å². The first-order valence-electron chi connectivity index (χ1n) is 5.45. The van der Waals surface area contributed by atoms with E-state index < -0.39 is 0 Å². The maximum Gasteiger partial charge on any atom is 0.161 e. The molecule has 2 rings (SSSR count). The first-order valence-corrected chi connectivity index (χ1v) is 5.45. The lowest BCUT2D eigenvalue weighted by molar-refractivity contribution is 0.273. The summed E-state index contributed by atoms with van der Waals surface area (Å²) in [6.45, 7) is 2.45. The first-order chi connectivity index (χ1) is 8.22. The Morgan fingerprint density at radius 2 is 1.94 bits per heavy atom. The zero-order valence-electron chi connectivity index (χ0n) is 10.3. The van der Waals surface area contributed by atoms with Gasteiger partial charge in [0.05, 0.1) is 7.11 Å². The van der Waals surface area contributed by atoms with Gasteiger partial charge in [0.2, 0.25) is 0 Å². The smallest absolute Gasteiger partial charge is 0.161 e. The van der Waals surface area contributed by atoms with Gasteiger partial charge >= 0.3 is 0 Å². The van der Waals surface area contributed by atoms with E-state index in [9.17, 15) is 0 Å². The van der Waals surface area contributed by atoms with Crippen molar-refractivity contribution in [2.75, 3.05) is 7.11 Å². The van der Waals surface area contributed by atoms with Crippen LogP contribution in [0.1, 0.15) is 11.5 Å². The second-order valence-corrected chi connectivity index (χ2v) is 3.81. The number of benzene rings is 1. The third-order valence-electron chi connectivity index (χ3n) is 2.74. The Balaban J connectivity index is 2.10. The highest BCUT2D eigenvalue weighted by molar-refractivity contribution is 5.39. The molecule has 17 heavy (non-hydrogen) atoms. The monoisotopic (exact) mass is 232 g/mol. The molecule has 0 aliphatic heterocycles. The third-order valence-corrected chi connectivity index (χ3v) is 2.74. The zero-order chi connectivity index (χ0) is 12.3. The molecule has 0 unspecified atom stereocenters. The highest BCUT2D eigenvalue weighted by Gasteiger charge is 2.06. The van der Waals surface area contributed by atoms with Crippen LogP contribution in [0, 0.1) is 6.92 Å². The van der Waals surface area contributed by atoms with Crippen molar-refractivity contribution in [2.45, 2.75) is 13.5 Å². The molecule has 0 radical (unpaired) electrons. The molecule has 0 spiro atoms. The molecule has 1 aromatic carbocycles. The Kier molecular flexibility index (Phi) is 3.32. The second-order valence-electron chi connectivity index (χ2n) is 3.81. The predicted molar refractivity (Wildman–Crippen MR) is 65.3 cm³/mol. The quantitative estimate of drug-likeness (QED) is 0.811. The SMILES string of the molecule is COc1ccccc1OCc1ncc(C)n1C. The van der Waals surface area contributed by atoms with Gasteiger partial charge < -0.3 is 14.0 Å². The Bertz CT molecular complexity index is 506. The lowest BCUT2D eigenvalue weighted by atomic mass is 10.3. The molecule has 1 heterocycles. The predicted octanol–water partition coefficient (Wildman–Crippen LogP) is 2.32. The summed E-state index contributed by atoms with van der Waals surface area (Å²) in [4.78, 5) is 4.28. The number of hydrogen-bond acceptors (Lipinski definition) is 3. The Hall–Kier alpha value is -1.97. The number of nitrogens with zero attached hydrogens (tertiary/aromatic N) is 2. The van der Waals surface area contributed by atoms with Crippen molar-refractivity contribution >= 4 is 0 Å². The zero-order valence-corrected chi connectivity index (χ0v) is 10.3. The van der Waals surface area contributed by atoms with Gasteiger partial charge in [-0.1, -0.05) is 12.1 Å². The van der Waals surface area contributed by atoms with Gasteiger partial charge in [0.15, 0.2) is 11.5 Å². The van der Waals surface area contributed by atoms with Crippen molar-refractivity contribution in [1.29, 1.82) is 0 Å². The summed E-state index contributed by atoms with van der Waals surface area (Å²) in [6.07, 6.45) is 1.83. The molecule has 0 aliphatic rings. The number of ether oxygens (including phenoxy) is 2. The van der Waals surface area contributed by atoms with Gasteiger partial charge in [0, 0.05) is 18.9 Å². The van der Waals surface area contributed by atoms with E-state index in [1.807, 2.05) is 49.0 Å². The van der Waals surface area contributed by atoms with E-state index in [0.717, 1.165) is 23.0 Å². The van der Waals surface area contributed by atoms with Crippen molar-refractivity contribution in [3.63, 3.8) is 0 Å². The van der Waals surface area contributed by atoms with E-state index in [1.165, 1.54) is 0 Å². The standard InChI is InChI=1S/C13H16N2O2/c1-10-8-14-13(15(10)2)9-17-12-7-5-4-6-11(12)16-3/h4-8H,9H2,1-3H3. The third kappa shape index (κ3) is 2.41. The Morgan fingerprint density at radius 3 is 2.53 bits per heavy atom. The van der Waals surface area contributed by atoms with E-state index in [-0.39, 0.29) is 0 Å². The van der Waals surface area contributed by atoms with Crippen LogP contribution in [0.2, 0.25) is 0 Å². The summed E-state index contributed by atoms with van der Waals surface area (Å²) in [6, 6.07) is 7.59. The summed E-state index contributed by atoms with van der Waals surface area (Å²) < 4.78 is 12.9. The molecule has 2 aromatic rings. The summed E-state index contributed by atoms with van der Waals surface area (Å²) >= 11 is 0. The number of rotatable bonds is 4. The molecule has 0 N–H and O–H groups in total. The van der Waals surface area contributed by atoms with E-state index in [0.29, 0.717) is 6.61 Å². The first kappa shape index (κ1) is 11.5. The molecular formula is C13H16N2O2. The lowest BCUT2D eigenvalue weighted by Crippen LogP contribution is -2.05. The second kappa shape index (κ2) is 4.91. The minimum absolute atomic E-state index is 0.435. The fourth-order valence-electron chi connectivity index (χ4n) is 1.56. The molecule has 90 valence electrons. The lowest BCUT2D eigenvalue weighted by Gasteiger charge is -2.10. The fourth-order valence-corrected chi connectivity index (χ4v) is 1.56. The van der Waals surface area contributed by atoms with Crippen LogP contribution in [-0.2, 0) is 13.7 Å². The average molecular weight is 232 g/mol. The summed E-state index contributed by atoms with van der Waals surface area (Å²) in [5.41, 5.74) is 1.11. The van der Waals surface area contributed by atoms with Gasteiger partial charge in [-0.25, -0.2) is 4.98 Å². The number of imidazole rings is 1. The van der Waals surface area contributed by atoms with Crippen LogP contribution in [0.5, 0.6) is 11.5 Å². The fraction of sp³-hybridized carbons (Fsp3) is 0.308. The molecule has 0 atom stereocenters. The van der Waals surface area contributed by atoms with E-state index >= 15 is 0 Å². The summed E-state index contributed by atoms with van der Waals surface area (Å²) in [5, 5.41) is 0. The van der Waals surface area contributed by atoms with Gasteiger partial charge in [-0.3, -0.25) is 0 Å². The van der Waals surface area contributed by atoms with Crippen molar-refractivity contribution in [3.8, 4) is 11.5 Å². The van der Waals surface area contributed by atoms with Gasteiger partial charge in [-0.05, 0) is 19.1 Å². The van der Waals surface area contributed by atoms with Crippen molar-refractivity contribution in [3.05, 3.63) is 42.0 Å². The van der Waals surface area contributed by atoms with Crippen LogP contribution >= 0.6 is 0 Å². The van der Waals surface area contributed by atoms with Crippen LogP contribution in [-0.4, -0.2) is 16.7 Å². The molecule has 1 aromatic heterocycles. The largest absolute Gasteiger partial charge is 0.493 e. The van der Waals surface area contributed by atoms with Crippen LogP contribution < -0.4 is 9.47 Å². The van der Waals surface area contributed by atoms with Crippen molar-refractivity contribution < 1.29 is 9.47 Å². The molecular weight excluding hydrogens is 216 g/mol. The maximum atomic E-state index is 5.70. The number of para-hydroxylation sites is 2. The van der Waals surface area contributed by atoms with Gasteiger partial charge in [0.25, 0.3) is 0 Å². The molecule has 0 amide bonds. The topological polar surface area (TPSA) is 36.3 Å². The molecule has 4 nitrogen and oxygen atoms in total. The van der Waals surface area contributed by atoms with E-state index in [4.69, 9.17) is 9.47 Å². The Labute approximate surface area is 101 Å². The highest BCUT2D eigenvalue weighted by Crippen LogP contribution is 2.26. The minimum Gasteiger partial charge on any atom is -0.493 e. The van der Waals surface area contributed by atoms with E-state index in [1.54, 1.807) is 7.11 Å². The number of aromatic nitrogens is 2. The van der Waals surface area contributed by atoms with Crippen LogP contribution in [0.4, 0.5) is 0 Å². The highest BCUT2D eigenvalue weighted by atomic mass is 16.5. The number of methoxy groups -OCH3 is 1.